The van der Waals surface area contributed by atoms with E-state index in [0.29, 0.717) is 5.25 Å². The molecule has 48 valence electrons. The molecule has 9 heavy (non-hydrogen) atoms. The van der Waals surface area contributed by atoms with Gasteiger partial charge in [0.15, 0.2) is 0 Å². The van der Waals surface area contributed by atoms with E-state index in [1.165, 1.54) is 25.7 Å². The Morgan fingerprint density at radius 3 is 1.89 bits per heavy atom. The van der Waals surface area contributed by atoms with Crippen molar-refractivity contribution in [2.24, 2.45) is 5.92 Å². The maximum atomic E-state index is 5.14. The van der Waals surface area contributed by atoms with Crippen molar-refractivity contribution in [2.45, 2.75) is 37.9 Å². The van der Waals surface area contributed by atoms with Crippen LogP contribution in [0.25, 0.3) is 0 Å². The molecule has 0 atom stereocenters. The number of rotatable bonds is 0. The Kier molecular flexibility index (Phi) is 5.82. The van der Waals surface area contributed by atoms with Crippen LogP contribution in [0.3, 0.4) is 0 Å². The van der Waals surface area contributed by atoms with E-state index < -0.39 is 0 Å². The predicted molar refractivity (Wildman–Crippen MR) is 38.8 cm³/mol. The van der Waals surface area contributed by atoms with Crippen LogP contribution in [0.4, 0.5) is 0 Å². The molecule has 2 heteroatoms. The Bertz CT molecular complexity index is 57.3. The second kappa shape index (κ2) is 5.06. The van der Waals surface area contributed by atoms with E-state index in [1.807, 2.05) is 0 Å². The average molecular weight is 152 g/mol. The Morgan fingerprint density at radius 1 is 1.11 bits per heavy atom. The van der Waals surface area contributed by atoms with Crippen molar-refractivity contribution in [1.82, 2.24) is 0 Å². The molecule has 0 heterocycles. The maximum absolute atomic E-state index is 5.14. The average Bonchev–Trinajstić information content (AvgIpc) is 1.77. The van der Waals surface area contributed by atoms with Crippen LogP contribution in [0.15, 0.2) is 0 Å². The van der Waals surface area contributed by atoms with Crippen molar-refractivity contribution in [3.63, 3.8) is 0 Å². The van der Waals surface area contributed by atoms with Crippen molar-refractivity contribution in [3.05, 3.63) is 0 Å². The molecule has 0 amide bonds. The molecule has 0 nitrogen and oxygen atoms in total. The van der Waals surface area contributed by atoms with E-state index in [1.54, 1.807) is 0 Å². The van der Waals surface area contributed by atoms with Crippen molar-refractivity contribution >= 4 is 12.6 Å². The Morgan fingerprint density at radius 2 is 1.56 bits per heavy atom. The molecule has 1 rings (SSSR count). The summed E-state index contributed by atoms with van der Waals surface area (Å²) in [5.41, 5.74) is 0. The van der Waals surface area contributed by atoms with Crippen LogP contribution >= 0.6 is 0 Å². The third kappa shape index (κ3) is 3.92. The van der Waals surface area contributed by atoms with Crippen molar-refractivity contribution in [1.29, 1.82) is 0 Å². The third-order valence-electron chi connectivity index (χ3n) is 1.96. The summed E-state index contributed by atoms with van der Waals surface area (Å²) >= 11 is 5.14. The molecule has 0 aromatic heterocycles. The SMILES string of the molecule is CC1CCC([S-])CC1.[Na+]. The van der Waals surface area contributed by atoms with E-state index in [4.69, 9.17) is 12.6 Å². The molecule has 0 spiro atoms. The first-order valence-corrected chi connectivity index (χ1v) is 3.92. The van der Waals surface area contributed by atoms with Gasteiger partial charge >= 0.3 is 29.6 Å². The largest absolute Gasteiger partial charge is 1.00 e. The first-order valence-electron chi connectivity index (χ1n) is 3.45. The van der Waals surface area contributed by atoms with E-state index in [0.717, 1.165) is 5.92 Å². The van der Waals surface area contributed by atoms with Gasteiger partial charge in [0.05, 0.1) is 0 Å². The van der Waals surface area contributed by atoms with Gasteiger partial charge in [-0.2, -0.15) is 5.25 Å². The topological polar surface area (TPSA) is 0 Å². The molecule has 0 radical (unpaired) electrons. The quantitative estimate of drug-likeness (QED) is 0.321. The summed E-state index contributed by atoms with van der Waals surface area (Å²) < 4.78 is 0. The Balaban J connectivity index is 0.000000640. The smallest absolute Gasteiger partial charge is 0.789 e. The molecule has 0 N–H and O–H groups in total. The van der Waals surface area contributed by atoms with Crippen LogP contribution in [-0.4, -0.2) is 5.25 Å². The summed E-state index contributed by atoms with van der Waals surface area (Å²) in [4.78, 5) is 0. The minimum atomic E-state index is 0. The molecule has 0 aliphatic heterocycles. The molecule has 0 unspecified atom stereocenters. The van der Waals surface area contributed by atoms with Gasteiger partial charge in [-0.15, -0.1) is 0 Å². The zero-order valence-corrected chi connectivity index (χ0v) is 9.21. The summed E-state index contributed by atoms with van der Waals surface area (Å²) in [6.07, 6.45) is 5.31. The fraction of sp³-hybridized carbons (Fsp3) is 1.00. The predicted octanol–water partition coefficient (Wildman–Crippen LogP) is -0.884. The number of hydrogen-bond donors (Lipinski definition) is 0. The summed E-state index contributed by atoms with van der Waals surface area (Å²) in [5, 5.41) is 0.603. The summed E-state index contributed by atoms with van der Waals surface area (Å²) in [6.45, 7) is 2.32. The van der Waals surface area contributed by atoms with E-state index in [-0.39, 0.29) is 29.6 Å². The molecule has 0 aromatic carbocycles. The minimum absolute atomic E-state index is 0. The van der Waals surface area contributed by atoms with Crippen molar-refractivity contribution in [2.75, 3.05) is 0 Å². The minimum Gasteiger partial charge on any atom is -0.789 e. The standard InChI is InChI=1S/C7H14S.Na/c1-6-2-4-7(8)5-3-6;/h6-8H,2-5H2,1H3;/q;+1/p-1. The van der Waals surface area contributed by atoms with E-state index in [9.17, 15) is 0 Å². The first-order chi connectivity index (χ1) is 3.79. The fourth-order valence-corrected chi connectivity index (χ4v) is 1.50. The van der Waals surface area contributed by atoms with Gasteiger partial charge in [-0.1, -0.05) is 32.6 Å². The second-order valence-electron chi connectivity index (χ2n) is 2.88. The van der Waals surface area contributed by atoms with Gasteiger partial charge in [0.2, 0.25) is 0 Å². The second-order valence-corrected chi connectivity index (χ2v) is 3.55. The molecule has 0 bridgehead atoms. The summed E-state index contributed by atoms with van der Waals surface area (Å²) in [7, 11) is 0. The zero-order valence-electron chi connectivity index (χ0n) is 6.39. The molecular weight excluding hydrogens is 139 g/mol. The van der Waals surface area contributed by atoms with Gasteiger partial charge in [-0.3, -0.25) is 0 Å². The Labute approximate surface area is 85.5 Å². The summed E-state index contributed by atoms with van der Waals surface area (Å²) in [5.74, 6) is 0.953. The van der Waals surface area contributed by atoms with Crippen LogP contribution < -0.4 is 29.6 Å². The molecule has 0 aromatic rings. The van der Waals surface area contributed by atoms with Crippen LogP contribution in [0, 0.1) is 5.92 Å². The molecular formula is C7H13NaS. The third-order valence-corrected chi connectivity index (χ3v) is 2.43. The van der Waals surface area contributed by atoms with Gasteiger partial charge in [0.1, 0.15) is 0 Å². The molecule has 1 aliphatic carbocycles. The monoisotopic (exact) mass is 152 g/mol. The molecule has 1 saturated carbocycles. The van der Waals surface area contributed by atoms with Crippen LogP contribution in [-0.2, 0) is 12.6 Å². The maximum Gasteiger partial charge on any atom is 1.00 e. The molecule has 0 saturated heterocycles. The fourth-order valence-electron chi connectivity index (χ4n) is 1.23. The normalized spacial score (nSPS) is 35.3. The zero-order chi connectivity index (χ0) is 5.98. The number of hydrogen-bond acceptors (Lipinski definition) is 1. The van der Waals surface area contributed by atoms with Gasteiger partial charge in [-0.05, 0) is 5.92 Å². The van der Waals surface area contributed by atoms with Gasteiger partial charge in [-0.25, -0.2) is 0 Å². The van der Waals surface area contributed by atoms with E-state index in [2.05, 4.69) is 6.92 Å². The van der Waals surface area contributed by atoms with Gasteiger partial charge < -0.3 is 12.6 Å². The van der Waals surface area contributed by atoms with Crippen molar-refractivity contribution in [3.8, 4) is 0 Å². The Hall–Kier alpha value is 1.35. The first kappa shape index (κ1) is 10.3. The van der Waals surface area contributed by atoms with Crippen LogP contribution in [0.5, 0.6) is 0 Å². The van der Waals surface area contributed by atoms with E-state index >= 15 is 0 Å². The van der Waals surface area contributed by atoms with Gasteiger partial charge in [0.25, 0.3) is 0 Å². The van der Waals surface area contributed by atoms with Gasteiger partial charge in [0, 0.05) is 0 Å². The molecule has 1 fully saturated rings. The van der Waals surface area contributed by atoms with Crippen LogP contribution in [0.1, 0.15) is 32.6 Å². The van der Waals surface area contributed by atoms with Crippen molar-refractivity contribution < 1.29 is 29.6 Å². The molecule has 1 aliphatic rings. The summed E-state index contributed by atoms with van der Waals surface area (Å²) in [6, 6.07) is 0. The van der Waals surface area contributed by atoms with Crippen LogP contribution in [0.2, 0.25) is 0 Å².